The van der Waals surface area contributed by atoms with E-state index in [1.54, 1.807) is 0 Å². The monoisotopic (exact) mass is 179 g/mol. The molecular weight excluding hydrogens is 170 g/mol. The van der Waals surface area contributed by atoms with E-state index in [4.69, 9.17) is 15.9 Å². The van der Waals surface area contributed by atoms with Gasteiger partial charge in [0.15, 0.2) is 0 Å². The van der Waals surface area contributed by atoms with Gasteiger partial charge in [-0.25, -0.2) is 0 Å². The third-order valence-corrected chi connectivity index (χ3v) is 1.74. The van der Waals surface area contributed by atoms with Gasteiger partial charge in [-0.3, -0.25) is 9.59 Å². The molecule has 0 aliphatic carbocycles. The Morgan fingerprint density at radius 3 is 2.00 bits per heavy atom. The molecule has 0 radical (unpaired) electrons. The van der Waals surface area contributed by atoms with Crippen molar-refractivity contribution >= 4 is 24.6 Å². The van der Waals surface area contributed by atoms with E-state index in [1.165, 1.54) is 0 Å². The molecule has 0 spiro atoms. The SMILES string of the molecule is NC(CS)(CC(=O)O)C(=O)O. The number of aliphatic carboxylic acids is 2. The summed E-state index contributed by atoms with van der Waals surface area (Å²) in [4.78, 5) is 20.5. The maximum absolute atomic E-state index is 10.4. The average molecular weight is 179 g/mol. The Kier molecular flexibility index (Phi) is 3.34. The van der Waals surface area contributed by atoms with E-state index in [-0.39, 0.29) is 5.75 Å². The van der Waals surface area contributed by atoms with Gasteiger partial charge in [0.05, 0.1) is 6.42 Å². The Hall–Kier alpha value is -0.750. The van der Waals surface area contributed by atoms with Crippen molar-refractivity contribution in [2.45, 2.75) is 12.0 Å². The van der Waals surface area contributed by atoms with Crippen molar-refractivity contribution in [3.8, 4) is 0 Å². The minimum Gasteiger partial charge on any atom is -0.481 e. The molecular formula is C5H9NO4S. The molecule has 5 nitrogen and oxygen atoms in total. The van der Waals surface area contributed by atoms with E-state index in [2.05, 4.69) is 12.6 Å². The third kappa shape index (κ3) is 2.77. The fourth-order valence-electron chi connectivity index (χ4n) is 0.469. The summed E-state index contributed by atoms with van der Waals surface area (Å²) < 4.78 is 0. The molecule has 0 amide bonds. The molecule has 0 aliphatic rings. The van der Waals surface area contributed by atoms with Gasteiger partial charge < -0.3 is 15.9 Å². The Morgan fingerprint density at radius 2 is 1.91 bits per heavy atom. The van der Waals surface area contributed by atoms with Crippen molar-refractivity contribution in [3.63, 3.8) is 0 Å². The van der Waals surface area contributed by atoms with Gasteiger partial charge in [0.1, 0.15) is 5.54 Å². The second-order valence-electron chi connectivity index (χ2n) is 2.19. The summed E-state index contributed by atoms with van der Waals surface area (Å²) in [7, 11) is 0. The molecule has 4 N–H and O–H groups in total. The van der Waals surface area contributed by atoms with Crippen LogP contribution in [0.5, 0.6) is 0 Å². The lowest BCUT2D eigenvalue weighted by Crippen LogP contribution is -2.51. The van der Waals surface area contributed by atoms with Gasteiger partial charge in [-0.15, -0.1) is 0 Å². The summed E-state index contributed by atoms with van der Waals surface area (Å²) >= 11 is 3.65. The van der Waals surface area contributed by atoms with Crippen LogP contribution in [0.15, 0.2) is 0 Å². The van der Waals surface area contributed by atoms with Crippen LogP contribution in [0, 0.1) is 0 Å². The zero-order valence-electron chi connectivity index (χ0n) is 5.65. The number of hydrogen-bond donors (Lipinski definition) is 4. The molecule has 0 aliphatic heterocycles. The van der Waals surface area contributed by atoms with Crippen molar-refractivity contribution in [1.82, 2.24) is 0 Å². The summed E-state index contributed by atoms with van der Waals surface area (Å²) in [6, 6.07) is 0. The van der Waals surface area contributed by atoms with E-state index in [1.807, 2.05) is 0 Å². The lowest BCUT2D eigenvalue weighted by atomic mass is 10.00. The van der Waals surface area contributed by atoms with Crippen molar-refractivity contribution in [1.29, 1.82) is 0 Å². The van der Waals surface area contributed by atoms with Crippen molar-refractivity contribution < 1.29 is 19.8 Å². The molecule has 0 aromatic carbocycles. The molecule has 0 aromatic heterocycles. The highest BCUT2D eigenvalue weighted by Crippen LogP contribution is 2.08. The number of carboxylic acid groups (broad SMARTS) is 2. The second kappa shape index (κ2) is 3.59. The summed E-state index contributed by atoms with van der Waals surface area (Å²) in [6.45, 7) is 0. The Bertz CT molecular complexity index is 183. The fourth-order valence-corrected chi connectivity index (χ4v) is 0.716. The molecule has 64 valence electrons. The van der Waals surface area contributed by atoms with Crippen LogP contribution < -0.4 is 5.73 Å². The van der Waals surface area contributed by atoms with Crippen molar-refractivity contribution in [3.05, 3.63) is 0 Å². The first kappa shape index (κ1) is 10.2. The summed E-state index contributed by atoms with van der Waals surface area (Å²) in [5.41, 5.74) is 3.43. The molecule has 1 atom stereocenters. The van der Waals surface area contributed by atoms with Gasteiger partial charge in [-0.2, -0.15) is 12.6 Å². The van der Waals surface area contributed by atoms with Gasteiger partial charge in [0.25, 0.3) is 0 Å². The zero-order valence-corrected chi connectivity index (χ0v) is 6.54. The van der Waals surface area contributed by atoms with E-state index < -0.39 is 23.9 Å². The maximum atomic E-state index is 10.4. The first-order valence-corrected chi connectivity index (χ1v) is 3.40. The van der Waals surface area contributed by atoms with E-state index in [0.717, 1.165) is 0 Å². The second-order valence-corrected chi connectivity index (χ2v) is 2.51. The number of thiol groups is 1. The van der Waals surface area contributed by atoms with Crippen LogP contribution in [0.2, 0.25) is 0 Å². The molecule has 6 heteroatoms. The van der Waals surface area contributed by atoms with Gasteiger partial charge in [-0.1, -0.05) is 0 Å². The molecule has 0 heterocycles. The molecule has 0 saturated carbocycles. The van der Waals surface area contributed by atoms with Crippen LogP contribution in [0.1, 0.15) is 6.42 Å². The first-order valence-electron chi connectivity index (χ1n) is 2.77. The smallest absolute Gasteiger partial charge is 0.325 e. The van der Waals surface area contributed by atoms with Gasteiger partial charge in [0.2, 0.25) is 0 Å². The van der Waals surface area contributed by atoms with Crippen molar-refractivity contribution in [2.24, 2.45) is 5.73 Å². The summed E-state index contributed by atoms with van der Waals surface area (Å²) in [6.07, 6.45) is -0.619. The zero-order chi connectivity index (χ0) is 9.07. The van der Waals surface area contributed by atoms with Crippen LogP contribution in [0.4, 0.5) is 0 Å². The highest BCUT2D eigenvalue weighted by molar-refractivity contribution is 7.80. The first-order chi connectivity index (χ1) is 4.92. The molecule has 0 saturated heterocycles. The minimum absolute atomic E-state index is 0.200. The minimum atomic E-state index is -1.76. The third-order valence-electron chi connectivity index (χ3n) is 1.17. The number of hydrogen-bond acceptors (Lipinski definition) is 4. The standard InChI is InChI=1S/C5H9NO4S/c6-5(2-11,4(9)10)1-3(7)8/h11H,1-2,6H2,(H,7,8)(H,9,10). The molecule has 0 fully saturated rings. The van der Waals surface area contributed by atoms with E-state index in [0.29, 0.717) is 0 Å². The molecule has 0 bridgehead atoms. The van der Waals surface area contributed by atoms with E-state index >= 15 is 0 Å². The molecule has 11 heavy (non-hydrogen) atoms. The highest BCUT2D eigenvalue weighted by atomic mass is 32.1. The quantitative estimate of drug-likeness (QED) is 0.422. The predicted octanol–water partition coefficient (Wildman–Crippen LogP) is -0.827. The van der Waals surface area contributed by atoms with Gasteiger partial charge in [0, 0.05) is 5.75 Å². The lowest BCUT2D eigenvalue weighted by molar-refractivity contribution is -0.148. The van der Waals surface area contributed by atoms with Gasteiger partial charge in [-0.05, 0) is 0 Å². The molecule has 1 unspecified atom stereocenters. The Morgan fingerprint density at radius 1 is 1.45 bits per heavy atom. The Balaban J connectivity index is 4.34. The lowest BCUT2D eigenvalue weighted by Gasteiger charge is -2.19. The number of carbonyl (C=O) groups is 2. The highest BCUT2D eigenvalue weighted by Gasteiger charge is 2.34. The van der Waals surface area contributed by atoms with Crippen molar-refractivity contribution in [2.75, 3.05) is 5.75 Å². The topological polar surface area (TPSA) is 101 Å². The largest absolute Gasteiger partial charge is 0.481 e. The van der Waals surface area contributed by atoms with Crippen LogP contribution >= 0.6 is 12.6 Å². The number of rotatable bonds is 4. The Labute approximate surface area is 68.6 Å². The summed E-state index contributed by atoms with van der Waals surface area (Å²) in [5, 5.41) is 16.7. The van der Waals surface area contributed by atoms with Crippen LogP contribution in [0.25, 0.3) is 0 Å². The van der Waals surface area contributed by atoms with Gasteiger partial charge >= 0.3 is 11.9 Å². The maximum Gasteiger partial charge on any atom is 0.325 e. The summed E-state index contributed by atoms with van der Waals surface area (Å²) in [5.74, 6) is -2.80. The normalized spacial score (nSPS) is 15.5. The molecule has 0 rings (SSSR count). The molecule has 0 aromatic rings. The van der Waals surface area contributed by atoms with Crippen LogP contribution in [-0.2, 0) is 9.59 Å². The fraction of sp³-hybridized carbons (Fsp3) is 0.600. The predicted molar refractivity (Wildman–Crippen MR) is 40.7 cm³/mol. The average Bonchev–Trinajstić information content (AvgIpc) is 1.86. The number of nitrogens with two attached hydrogens (primary N) is 1. The van der Waals surface area contributed by atoms with Crippen LogP contribution in [-0.4, -0.2) is 33.4 Å². The van der Waals surface area contributed by atoms with E-state index in [9.17, 15) is 9.59 Å². The van der Waals surface area contributed by atoms with Crippen LogP contribution in [0.3, 0.4) is 0 Å². The number of carboxylic acids is 2.